The maximum Gasteiger partial charge on any atom is 0.160 e. The fourth-order valence-electron chi connectivity index (χ4n) is 11.7. The molecule has 0 aliphatic heterocycles. The number of benzene rings is 11. The second kappa shape index (κ2) is 16.3. The minimum absolute atomic E-state index is 0.194. The van der Waals surface area contributed by atoms with Gasteiger partial charge >= 0.3 is 0 Å². The molecular weight excluding hydrogens is 871 g/mol. The van der Waals surface area contributed by atoms with Crippen molar-refractivity contribution >= 4 is 76.1 Å². The SMILES string of the molecule is C=C1/C=C\C=C/Cc2ccc(-c3cccc(-c4cccc(-c5ccc6c(c5)oc5c6ccc6c7cc(-c8ccccc8)ccc7n(-c7ccc8c9ccccc9c9ccccc9c8c7)c65)c4)c3)cc2C1(C)C. The van der Waals surface area contributed by atoms with Crippen LogP contribution in [0.2, 0.25) is 0 Å². The molecule has 2 heterocycles. The van der Waals surface area contributed by atoms with E-state index in [0.717, 1.165) is 67.2 Å². The highest BCUT2D eigenvalue weighted by molar-refractivity contribution is 6.26. The third-order valence-corrected chi connectivity index (χ3v) is 15.7. The van der Waals surface area contributed by atoms with Gasteiger partial charge in [-0.25, -0.2) is 0 Å². The van der Waals surface area contributed by atoms with E-state index in [4.69, 9.17) is 4.42 Å². The molecule has 1 aliphatic rings. The summed E-state index contributed by atoms with van der Waals surface area (Å²) in [5, 5.41) is 12.1. The predicted molar refractivity (Wildman–Crippen MR) is 306 cm³/mol. The molecule has 0 saturated carbocycles. The fraction of sp³-hybridized carbons (Fsp3) is 0.0571. The van der Waals surface area contributed by atoms with E-state index in [9.17, 15) is 0 Å². The fourth-order valence-corrected chi connectivity index (χ4v) is 11.7. The summed E-state index contributed by atoms with van der Waals surface area (Å²) in [7, 11) is 0. The largest absolute Gasteiger partial charge is 0.454 e. The molecule has 0 fully saturated rings. The van der Waals surface area contributed by atoms with Gasteiger partial charge in [-0.1, -0.05) is 196 Å². The lowest BCUT2D eigenvalue weighted by molar-refractivity contribution is 0.635. The summed E-state index contributed by atoms with van der Waals surface area (Å²) in [5.74, 6) is 0. The van der Waals surface area contributed by atoms with Crippen molar-refractivity contribution in [2.45, 2.75) is 25.7 Å². The van der Waals surface area contributed by atoms with Crippen molar-refractivity contribution in [3.05, 3.63) is 260 Å². The molecule has 0 unspecified atom stereocenters. The summed E-state index contributed by atoms with van der Waals surface area (Å²) in [6.45, 7) is 9.04. The van der Waals surface area contributed by atoms with Gasteiger partial charge < -0.3 is 8.98 Å². The van der Waals surface area contributed by atoms with Crippen LogP contribution in [0.1, 0.15) is 25.0 Å². The predicted octanol–water partition coefficient (Wildman–Crippen LogP) is 19.3. The van der Waals surface area contributed by atoms with Gasteiger partial charge in [-0.3, -0.25) is 0 Å². The van der Waals surface area contributed by atoms with Crippen molar-refractivity contribution in [2.24, 2.45) is 0 Å². The molecule has 1 aliphatic carbocycles. The second-order valence-corrected chi connectivity index (χ2v) is 20.1. The first-order chi connectivity index (χ1) is 35.4. The van der Waals surface area contributed by atoms with E-state index in [-0.39, 0.29) is 5.41 Å². The molecule has 2 nitrogen and oxygen atoms in total. The number of fused-ring (bicyclic) bond motifs is 14. The number of rotatable bonds is 5. The molecule has 0 atom stereocenters. The van der Waals surface area contributed by atoms with Crippen LogP contribution in [-0.2, 0) is 11.8 Å². The average molecular weight is 920 g/mol. The van der Waals surface area contributed by atoms with Crippen LogP contribution in [0.3, 0.4) is 0 Å². The first kappa shape index (κ1) is 41.9. The highest BCUT2D eigenvalue weighted by Crippen LogP contribution is 2.45. The zero-order valence-electron chi connectivity index (χ0n) is 40.3. The monoisotopic (exact) mass is 919 g/mol. The average Bonchev–Trinajstić information content (AvgIpc) is 3.99. The van der Waals surface area contributed by atoms with Gasteiger partial charge in [-0.15, -0.1) is 0 Å². The number of hydrogen-bond donors (Lipinski definition) is 0. The minimum atomic E-state index is -0.194. The highest BCUT2D eigenvalue weighted by atomic mass is 16.3. The Bertz CT molecular complexity index is 4420. The Hall–Kier alpha value is -8.98. The van der Waals surface area contributed by atoms with E-state index in [2.05, 4.69) is 262 Å². The quantitative estimate of drug-likeness (QED) is 0.157. The van der Waals surface area contributed by atoms with Gasteiger partial charge in [0.05, 0.1) is 11.0 Å². The highest BCUT2D eigenvalue weighted by Gasteiger charge is 2.27. The molecule has 2 aromatic heterocycles. The molecule has 11 aromatic carbocycles. The van der Waals surface area contributed by atoms with Crippen LogP contribution in [0.25, 0.3) is 126 Å². The van der Waals surface area contributed by atoms with Crippen LogP contribution in [0, 0.1) is 0 Å². The van der Waals surface area contributed by atoms with Crippen molar-refractivity contribution in [3.8, 4) is 50.2 Å². The van der Waals surface area contributed by atoms with Gasteiger partial charge in [0, 0.05) is 32.6 Å². The molecular formula is C70H49NO. The van der Waals surface area contributed by atoms with Gasteiger partial charge in [0.25, 0.3) is 0 Å². The van der Waals surface area contributed by atoms with Crippen LogP contribution in [0.5, 0.6) is 0 Å². The Kier molecular flexibility index (Phi) is 9.50. The molecule has 14 rings (SSSR count). The van der Waals surface area contributed by atoms with Crippen LogP contribution >= 0.6 is 0 Å². The molecule has 72 heavy (non-hydrogen) atoms. The van der Waals surface area contributed by atoms with Gasteiger partial charge in [0.2, 0.25) is 0 Å². The van der Waals surface area contributed by atoms with Crippen molar-refractivity contribution in [1.82, 2.24) is 4.57 Å². The Morgan fingerprint density at radius 2 is 0.958 bits per heavy atom. The number of furan rings is 1. The van der Waals surface area contributed by atoms with Crippen molar-refractivity contribution < 1.29 is 4.42 Å². The van der Waals surface area contributed by atoms with Gasteiger partial charge in [0.15, 0.2) is 5.58 Å². The summed E-state index contributed by atoms with van der Waals surface area (Å²) in [5.41, 5.74) is 18.0. The molecule has 0 amide bonds. The van der Waals surface area contributed by atoms with Gasteiger partial charge in [-0.05, 0) is 161 Å². The first-order valence-electron chi connectivity index (χ1n) is 25.1. The maximum absolute atomic E-state index is 7.18. The third-order valence-electron chi connectivity index (χ3n) is 15.7. The maximum atomic E-state index is 7.18. The molecule has 0 N–H and O–H groups in total. The van der Waals surface area contributed by atoms with E-state index < -0.39 is 0 Å². The topological polar surface area (TPSA) is 18.1 Å². The van der Waals surface area contributed by atoms with E-state index >= 15 is 0 Å². The molecule has 2 heteroatoms. The zero-order chi connectivity index (χ0) is 48.1. The summed E-state index contributed by atoms with van der Waals surface area (Å²) in [4.78, 5) is 0. The number of allylic oxidation sites excluding steroid dienone is 5. The van der Waals surface area contributed by atoms with Crippen LogP contribution in [0.4, 0.5) is 0 Å². The minimum Gasteiger partial charge on any atom is -0.454 e. The number of aromatic nitrogens is 1. The van der Waals surface area contributed by atoms with E-state index in [1.54, 1.807) is 0 Å². The molecule has 340 valence electrons. The lowest BCUT2D eigenvalue weighted by atomic mass is 9.75. The van der Waals surface area contributed by atoms with Crippen LogP contribution in [-0.4, -0.2) is 4.57 Å². The number of nitrogens with zero attached hydrogens (tertiary/aromatic N) is 1. The third kappa shape index (κ3) is 6.63. The normalized spacial score (nSPS) is 14.6. The van der Waals surface area contributed by atoms with Gasteiger partial charge in [0.1, 0.15) is 5.58 Å². The lowest BCUT2D eigenvalue weighted by Crippen LogP contribution is -2.20. The molecule has 0 spiro atoms. The van der Waals surface area contributed by atoms with Crippen molar-refractivity contribution in [3.63, 3.8) is 0 Å². The van der Waals surface area contributed by atoms with Crippen LogP contribution < -0.4 is 0 Å². The van der Waals surface area contributed by atoms with Crippen LogP contribution in [0.15, 0.2) is 253 Å². The zero-order valence-corrected chi connectivity index (χ0v) is 40.3. The summed E-state index contributed by atoms with van der Waals surface area (Å²) < 4.78 is 9.62. The second-order valence-electron chi connectivity index (χ2n) is 20.1. The summed E-state index contributed by atoms with van der Waals surface area (Å²) in [6.07, 6.45) is 9.52. The Morgan fingerprint density at radius 1 is 0.417 bits per heavy atom. The first-order valence-corrected chi connectivity index (χ1v) is 25.1. The summed E-state index contributed by atoms with van der Waals surface area (Å²) >= 11 is 0. The smallest absolute Gasteiger partial charge is 0.160 e. The molecule has 0 saturated heterocycles. The van der Waals surface area contributed by atoms with E-state index in [1.165, 1.54) is 82.2 Å². The molecule has 0 radical (unpaired) electrons. The Balaban J connectivity index is 0.902. The van der Waals surface area contributed by atoms with Gasteiger partial charge in [-0.2, -0.15) is 0 Å². The van der Waals surface area contributed by atoms with Crippen molar-refractivity contribution in [1.29, 1.82) is 0 Å². The number of hydrogen-bond acceptors (Lipinski definition) is 1. The Labute approximate surface area is 418 Å². The van der Waals surface area contributed by atoms with E-state index in [1.807, 2.05) is 0 Å². The van der Waals surface area contributed by atoms with E-state index in [0.29, 0.717) is 0 Å². The lowest BCUT2D eigenvalue weighted by Gasteiger charge is -2.29. The standard InChI is InChI=1S/C70H49NO/c1-44-16-6-4-9-19-46-28-29-52(41-65(46)70(44,2)3)49-22-14-20-47(38-49)48-21-15-23-50(39-48)53-30-33-60-62-36-35-61-64-40-51(45-17-7-5-8-18-45)31-37-66(64)71(68(61)69(62)72-67(60)42-53)54-32-34-59-57-26-11-10-24-55(57)56-25-12-13-27-58(56)63(59)43-54/h4-18,20-43H,1,19H2,2-3H3/b9-4-,16-6-. The molecule has 0 bridgehead atoms. The summed E-state index contributed by atoms with van der Waals surface area (Å²) in [6, 6.07) is 78.3. The molecule has 13 aromatic rings. The Morgan fingerprint density at radius 3 is 1.67 bits per heavy atom. The van der Waals surface area contributed by atoms with Crippen molar-refractivity contribution in [2.75, 3.05) is 0 Å².